The zero-order valence-corrected chi connectivity index (χ0v) is 11.6. The summed E-state index contributed by atoms with van der Waals surface area (Å²) in [7, 11) is 1.67. The van der Waals surface area contributed by atoms with E-state index in [9.17, 15) is 4.79 Å². The van der Waals surface area contributed by atoms with E-state index >= 15 is 0 Å². The van der Waals surface area contributed by atoms with Gasteiger partial charge < -0.3 is 9.84 Å². The first-order chi connectivity index (χ1) is 9.14. The van der Waals surface area contributed by atoms with Crippen LogP contribution in [0.25, 0.3) is 0 Å². The molecule has 0 saturated carbocycles. The van der Waals surface area contributed by atoms with Crippen molar-refractivity contribution in [1.82, 2.24) is 5.32 Å². The number of benzene rings is 1. The van der Waals surface area contributed by atoms with Crippen LogP contribution >= 0.6 is 11.8 Å². The molecule has 2 aliphatic rings. The minimum absolute atomic E-state index is 0.219. The minimum Gasteiger partial charge on any atom is -0.497 e. The van der Waals surface area contributed by atoms with Gasteiger partial charge in [0.05, 0.1) is 12.0 Å². The fourth-order valence-electron chi connectivity index (χ4n) is 2.98. The Morgan fingerprint density at radius 1 is 1.58 bits per heavy atom. The largest absolute Gasteiger partial charge is 0.497 e. The van der Waals surface area contributed by atoms with Crippen LogP contribution in [-0.4, -0.2) is 30.0 Å². The van der Waals surface area contributed by atoms with E-state index in [2.05, 4.69) is 17.4 Å². The van der Waals surface area contributed by atoms with Crippen molar-refractivity contribution in [3.63, 3.8) is 0 Å². The molecule has 1 aliphatic carbocycles. The summed E-state index contributed by atoms with van der Waals surface area (Å²) in [5.74, 6) is 0.736. The number of carboxylic acids is 1. The van der Waals surface area contributed by atoms with Gasteiger partial charge in [0.15, 0.2) is 0 Å². The fourth-order valence-corrected chi connectivity index (χ4v) is 4.53. The van der Waals surface area contributed by atoms with Crippen LogP contribution in [-0.2, 0) is 16.1 Å². The first-order valence-corrected chi connectivity index (χ1v) is 7.45. The highest BCUT2D eigenvalue weighted by Gasteiger charge is 2.45. The molecular formula is C14H17NO3S. The molecule has 3 rings (SSSR count). The molecule has 1 fully saturated rings. The Hall–Kier alpha value is -1.20. The van der Waals surface area contributed by atoms with Gasteiger partial charge in [0.25, 0.3) is 0 Å². The van der Waals surface area contributed by atoms with Gasteiger partial charge in [-0.1, -0.05) is 6.07 Å². The lowest BCUT2D eigenvalue weighted by atomic mass is 9.86. The molecule has 2 atom stereocenters. The topological polar surface area (TPSA) is 58.6 Å². The number of aryl methyl sites for hydroxylation is 1. The standard InChI is InChI=1S/C14H17NO3S/c1-18-10-4-5-11-9(7-10)3-2-6-14(11)15-12(8-19-14)13(16)17/h4-5,7,12,15H,2-3,6,8H2,1H3,(H,16,17). The molecule has 1 saturated heterocycles. The lowest BCUT2D eigenvalue weighted by Gasteiger charge is -2.35. The van der Waals surface area contributed by atoms with E-state index in [-0.39, 0.29) is 4.87 Å². The van der Waals surface area contributed by atoms with Crippen molar-refractivity contribution in [2.45, 2.75) is 30.2 Å². The van der Waals surface area contributed by atoms with Crippen molar-refractivity contribution >= 4 is 17.7 Å². The summed E-state index contributed by atoms with van der Waals surface area (Å²) in [6.45, 7) is 0. The lowest BCUT2D eigenvalue weighted by molar-refractivity contribution is -0.138. The number of thioether (sulfide) groups is 1. The van der Waals surface area contributed by atoms with Gasteiger partial charge >= 0.3 is 5.97 Å². The predicted octanol–water partition coefficient (Wildman–Crippen LogP) is 1.97. The number of hydrogen-bond donors (Lipinski definition) is 2. The van der Waals surface area contributed by atoms with Gasteiger partial charge in [-0.2, -0.15) is 0 Å². The van der Waals surface area contributed by atoms with Crippen LogP contribution in [0.15, 0.2) is 18.2 Å². The van der Waals surface area contributed by atoms with Gasteiger partial charge in [0.2, 0.25) is 0 Å². The van der Waals surface area contributed by atoms with Crippen LogP contribution < -0.4 is 10.1 Å². The van der Waals surface area contributed by atoms with Crippen molar-refractivity contribution in [3.8, 4) is 5.75 Å². The summed E-state index contributed by atoms with van der Waals surface area (Å²) in [4.78, 5) is 10.9. The quantitative estimate of drug-likeness (QED) is 0.867. The maximum Gasteiger partial charge on any atom is 0.321 e. The molecule has 1 aromatic rings. The van der Waals surface area contributed by atoms with Gasteiger partial charge in [-0.3, -0.25) is 10.1 Å². The van der Waals surface area contributed by atoms with Gasteiger partial charge in [-0.15, -0.1) is 11.8 Å². The van der Waals surface area contributed by atoms with E-state index < -0.39 is 12.0 Å². The normalized spacial score (nSPS) is 29.2. The molecular weight excluding hydrogens is 262 g/mol. The Morgan fingerprint density at radius 2 is 2.42 bits per heavy atom. The van der Waals surface area contributed by atoms with Crippen molar-refractivity contribution in [3.05, 3.63) is 29.3 Å². The molecule has 5 heteroatoms. The van der Waals surface area contributed by atoms with Crippen LogP contribution in [0.5, 0.6) is 5.75 Å². The van der Waals surface area contributed by atoms with Crippen molar-refractivity contribution in [2.75, 3.05) is 12.9 Å². The molecule has 2 N–H and O–H groups in total. The van der Waals surface area contributed by atoms with E-state index in [1.165, 1.54) is 11.1 Å². The number of methoxy groups -OCH3 is 1. The molecule has 2 unspecified atom stereocenters. The number of nitrogens with one attached hydrogen (secondary N) is 1. The highest BCUT2D eigenvalue weighted by Crippen LogP contribution is 2.48. The molecule has 0 radical (unpaired) electrons. The third-order valence-electron chi connectivity index (χ3n) is 3.92. The number of carbonyl (C=O) groups is 1. The molecule has 1 aromatic carbocycles. The fraction of sp³-hybridized carbons (Fsp3) is 0.500. The second kappa shape index (κ2) is 4.72. The molecule has 19 heavy (non-hydrogen) atoms. The molecule has 4 nitrogen and oxygen atoms in total. The molecule has 102 valence electrons. The smallest absolute Gasteiger partial charge is 0.321 e. The average Bonchev–Trinajstić information content (AvgIpc) is 2.84. The summed E-state index contributed by atoms with van der Waals surface area (Å²) in [6.07, 6.45) is 3.10. The van der Waals surface area contributed by atoms with Crippen LogP contribution in [0.4, 0.5) is 0 Å². The maximum atomic E-state index is 11.1. The monoisotopic (exact) mass is 279 g/mol. The first-order valence-electron chi connectivity index (χ1n) is 6.46. The SMILES string of the molecule is COc1ccc2c(c1)CCCC21NC(C(=O)O)CS1. The van der Waals surface area contributed by atoms with E-state index in [1.54, 1.807) is 18.9 Å². The van der Waals surface area contributed by atoms with Crippen LogP contribution in [0, 0.1) is 0 Å². The number of carboxylic acid groups (broad SMARTS) is 1. The van der Waals surface area contributed by atoms with E-state index in [0.29, 0.717) is 5.75 Å². The van der Waals surface area contributed by atoms with Gasteiger partial charge in [-0.05, 0) is 42.5 Å². The zero-order valence-electron chi connectivity index (χ0n) is 10.8. The van der Waals surface area contributed by atoms with Crippen LogP contribution in [0.3, 0.4) is 0 Å². The van der Waals surface area contributed by atoms with Gasteiger partial charge in [0, 0.05) is 5.75 Å². The van der Waals surface area contributed by atoms with Crippen molar-refractivity contribution in [2.24, 2.45) is 0 Å². The lowest BCUT2D eigenvalue weighted by Crippen LogP contribution is -2.44. The number of rotatable bonds is 2. The molecule has 1 heterocycles. The zero-order chi connectivity index (χ0) is 13.5. The molecule has 0 bridgehead atoms. The molecule has 1 aliphatic heterocycles. The summed E-state index contributed by atoms with van der Waals surface area (Å²) in [6, 6.07) is 5.67. The Morgan fingerprint density at radius 3 is 3.11 bits per heavy atom. The van der Waals surface area contributed by atoms with E-state index in [0.717, 1.165) is 25.0 Å². The summed E-state index contributed by atoms with van der Waals surface area (Å²) in [5, 5.41) is 12.5. The van der Waals surface area contributed by atoms with Gasteiger partial charge in [-0.25, -0.2) is 0 Å². The van der Waals surface area contributed by atoms with Crippen LogP contribution in [0.2, 0.25) is 0 Å². The Balaban J connectivity index is 1.97. The first kappa shape index (κ1) is 12.8. The molecule has 1 spiro atoms. The third-order valence-corrected chi connectivity index (χ3v) is 5.46. The second-order valence-electron chi connectivity index (χ2n) is 5.05. The third kappa shape index (κ3) is 2.11. The predicted molar refractivity (Wildman–Crippen MR) is 74.6 cm³/mol. The minimum atomic E-state index is -0.759. The Labute approximate surface area is 116 Å². The second-order valence-corrected chi connectivity index (χ2v) is 6.37. The van der Waals surface area contributed by atoms with E-state index in [1.807, 2.05) is 6.07 Å². The average molecular weight is 279 g/mol. The Bertz CT molecular complexity index is 519. The number of ether oxygens (including phenoxy) is 1. The summed E-state index contributed by atoms with van der Waals surface area (Å²) < 4.78 is 5.27. The van der Waals surface area contributed by atoms with Crippen LogP contribution in [0.1, 0.15) is 24.0 Å². The Kier molecular flexibility index (Phi) is 3.19. The summed E-state index contributed by atoms with van der Waals surface area (Å²) in [5.41, 5.74) is 2.50. The van der Waals surface area contributed by atoms with Gasteiger partial charge in [0.1, 0.15) is 11.8 Å². The van der Waals surface area contributed by atoms with E-state index in [4.69, 9.17) is 9.84 Å². The van der Waals surface area contributed by atoms with Crippen molar-refractivity contribution < 1.29 is 14.6 Å². The maximum absolute atomic E-state index is 11.1. The number of hydrogen-bond acceptors (Lipinski definition) is 4. The summed E-state index contributed by atoms with van der Waals surface area (Å²) >= 11 is 1.73. The molecule has 0 aromatic heterocycles. The highest BCUT2D eigenvalue weighted by molar-refractivity contribution is 8.00. The molecule has 0 amide bonds. The highest BCUT2D eigenvalue weighted by atomic mass is 32.2. The number of fused-ring (bicyclic) bond motifs is 2. The number of aliphatic carboxylic acids is 1. The van der Waals surface area contributed by atoms with Crippen molar-refractivity contribution in [1.29, 1.82) is 0 Å².